The van der Waals surface area contributed by atoms with Crippen molar-refractivity contribution in [3.63, 3.8) is 0 Å². The second kappa shape index (κ2) is 5.08. The number of aliphatic hydroxyl groups excluding tert-OH is 1. The molecule has 0 amide bonds. The van der Waals surface area contributed by atoms with Crippen molar-refractivity contribution in [2.24, 2.45) is 0 Å². The van der Waals surface area contributed by atoms with Crippen molar-refractivity contribution in [3.05, 3.63) is 29.3 Å². The molecule has 1 heterocycles. The summed E-state index contributed by atoms with van der Waals surface area (Å²) >= 11 is 0. The van der Waals surface area contributed by atoms with E-state index in [1.165, 1.54) is 6.07 Å². The monoisotopic (exact) mass is 311 g/mol. The van der Waals surface area contributed by atoms with Gasteiger partial charge < -0.3 is 10.2 Å². The van der Waals surface area contributed by atoms with Crippen LogP contribution in [0.2, 0.25) is 0 Å². The first-order chi connectivity index (χ1) is 9.89. The molecular formula is C14H17NO5S. The Morgan fingerprint density at radius 3 is 2.67 bits per heavy atom. The average Bonchev–Trinajstić information content (AvgIpc) is 3.03. The molecule has 1 aromatic carbocycles. The maximum atomic E-state index is 12.6. The molecule has 0 spiro atoms. The van der Waals surface area contributed by atoms with Crippen molar-refractivity contribution >= 4 is 16.0 Å². The van der Waals surface area contributed by atoms with Gasteiger partial charge in [0.05, 0.1) is 11.0 Å². The van der Waals surface area contributed by atoms with Gasteiger partial charge in [0, 0.05) is 13.0 Å². The van der Waals surface area contributed by atoms with E-state index in [4.69, 9.17) is 5.11 Å². The summed E-state index contributed by atoms with van der Waals surface area (Å²) in [7, 11) is -3.89. The van der Waals surface area contributed by atoms with E-state index in [-0.39, 0.29) is 17.9 Å². The maximum Gasteiger partial charge on any atom is 0.322 e. The maximum absolute atomic E-state index is 12.6. The number of nitrogens with zero attached hydrogens (tertiary/aromatic N) is 1. The number of aliphatic carboxylic acids is 1. The fourth-order valence-electron chi connectivity index (χ4n) is 3.12. The van der Waals surface area contributed by atoms with Crippen molar-refractivity contribution < 1.29 is 23.4 Å². The largest absolute Gasteiger partial charge is 0.480 e. The molecular weight excluding hydrogens is 294 g/mol. The van der Waals surface area contributed by atoms with E-state index in [1.54, 1.807) is 12.1 Å². The summed E-state index contributed by atoms with van der Waals surface area (Å²) in [6.07, 6.45) is 1.81. The lowest BCUT2D eigenvalue weighted by molar-refractivity contribution is -0.140. The van der Waals surface area contributed by atoms with Gasteiger partial charge >= 0.3 is 5.97 Å². The van der Waals surface area contributed by atoms with Gasteiger partial charge in [-0.3, -0.25) is 4.79 Å². The molecule has 2 atom stereocenters. The van der Waals surface area contributed by atoms with Crippen LogP contribution in [0.15, 0.2) is 23.1 Å². The first kappa shape index (κ1) is 14.5. The molecule has 0 aromatic heterocycles. The van der Waals surface area contributed by atoms with Crippen LogP contribution in [0.3, 0.4) is 0 Å². The van der Waals surface area contributed by atoms with Crippen LogP contribution in [-0.2, 0) is 27.7 Å². The predicted octanol–water partition coefficient (Wildman–Crippen LogP) is 0.384. The highest BCUT2D eigenvalue weighted by Gasteiger charge is 2.43. The third-order valence-electron chi connectivity index (χ3n) is 4.20. The summed E-state index contributed by atoms with van der Waals surface area (Å²) in [6.45, 7) is -0.170. The number of carbonyl (C=O) groups is 1. The Kier molecular flexibility index (Phi) is 3.51. The van der Waals surface area contributed by atoms with Crippen molar-refractivity contribution in [3.8, 4) is 0 Å². The third-order valence-corrected chi connectivity index (χ3v) is 6.07. The number of fused-ring (bicyclic) bond motifs is 1. The molecule has 1 aromatic rings. The topological polar surface area (TPSA) is 94.9 Å². The Morgan fingerprint density at radius 1 is 1.24 bits per heavy atom. The molecule has 1 saturated heterocycles. The molecule has 3 rings (SSSR count). The van der Waals surface area contributed by atoms with E-state index in [0.29, 0.717) is 0 Å². The van der Waals surface area contributed by atoms with Crippen molar-refractivity contribution in [1.29, 1.82) is 0 Å². The number of carboxylic acids is 1. The van der Waals surface area contributed by atoms with Crippen LogP contribution in [-0.4, -0.2) is 47.6 Å². The van der Waals surface area contributed by atoms with Gasteiger partial charge in [-0.2, -0.15) is 4.31 Å². The quantitative estimate of drug-likeness (QED) is 0.842. The van der Waals surface area contributed by atoms with Gasteiger partial charge in [0.15, 0.2) is 0 Å². The lowest BCUT2D eigenvalue weighted by Gasteiger charge is -2.21. The number of benzene rings is 1. The molecule has 7 heteroatoms. The SMILES string of the molecule is O=C(O)[C@@H]1C[C@H](O)CN1S(=O)(=O)c1ccc2c(c1)CCC2. The first-order valence-corrected chi connectivity index (χ1v) is 8.38. The molecule has 0 radical (unpaired) electrons. The van der Waals surface area contributed by atoms with Crippen LogP contribution in [0.4, 0.5) is 0 Å². The standard InChI is InChI=1S/C14H17NO5S/c16-11-7-13(14(17)18)15(8-11)21(19,20)12-5-4-9-2-1-3-10(9)6-12/h4-6,11,13,16H,1-3,7-8H2,(H,17,18)/t11-,13-/m0/s1. The van der Waals surface area contributed by atoms with Crippen molar-refractivity contribution in [2.45, 2.75) is 42.7 Å². The molecule has 0 bridgehead atoms. The molecule has 1 fully saturated rings. The smallest absolute Gasteiger partial charge is 0.322 e. The minimum Gasteiger partial charge on any atom is -0.480 e. The van der Waals surface area contributed by atoms with Gasteiger partial charge in [-0.05, 0) is 42.5 Å². The molecule has 1 aliphatic heterocycles. The molecule has 0 saturated carbocycles. The Morgan fingerprint density at radius 2 is 1.95 bits per heavy atom. The summed E-state index contributed by atoms with van der Waals surface area (Å²) < 4.78 is 26.2. The number of hydrogen-bond donors (Lipinski definition) is 2. The molecule has 6 nitrogen and oxygen atoms in total. The van der Waals surface area contributed by atoms with Crippen LogP contribution in [0, 0.1) is 0 Å². The highest BCUT2D eigenvalue weighted by Crippen LogP contribution is 2.30. The second-order valence-corrected chi connectivity index (χ2v) is 7.49. The number of hydrogen-bond acceptors (Lipinski definition) is 4. The van der Waals surface area contributed by atoms with Crippen LogP contribution < -0.4 is 0 Å². The molecule has 2 aliphatic rings. The lowest BCUT2D eigenvalue weighted by atomic mass is 10.1. The zero-order chi connectivity index (χ0) is 15.2. The van der Waals surface area contributed by atoms with Crippen molar-refractivity contribution in [2.75, 3.05) is 6.54 Å². The fourth-order valence-corrected chi connectivity index (χ4v) is 4.80. The highest BCUT2D eigenvalue weighted by atomic mass is 32.2. The lowest BCUT2D eigenvalue weighted by Crippen LogP contribution is -2.40. The average molecular weight is 311 g/mol. The van der Waals surface area contributed by atoms with E-state index < -0.39 is 28.1 Å². The third kappa shape index (κ3) is 2.45. The molecule has 1 aliphatic carbocycles. The molecule has 0 unspecified atom stereocenters. The highest BCUT2D eigenvalue weighted by molar-refractivity contribution is 7.89. The summed E-state index contributed by atoms with van der Waals surface area (Å²) in [5.41, 5.74) is 2.17. The Balaban J connectivity index is 1.98. The normalized spacial score (nSPS) is 26.0. The summed E-state index contributed by atoms with van der Waals surface area (Å²) in [5, 5.41) is 18.8. The molecule has 114 valence electrons. The van der Waals surface area contributed by atoms with Gasteiger partial charge in [0.25, 0.3) is 0 Å². The Labute approximate surface area is 123 Å². The van der Waals surface area contributed by atoms with Gasteiger partial charge in [0.1, 0.15) is 6.04 Å². The van der Waals surface area contributed by atoms with Crippen LogP contribution in [0.25, 0.3) is 0 Å². The number of β-amino-alcohol motifs (C(OH)–C–C–N with tert-alkyl or cyclic N) is 1. The zero-order valence-electron chi connectivity index (χ0n) is 11.4. The van der Waals surface area contributed by atoms with Gasteiger partial charge in [-0.1, -0.05) is 6.07 Å². The van der Waals surface area contributed by atoms with E-state index >= 15 is 0 Å². The van der Waals surface area contributed by atoms with Gasteiger partial charge in [0.2, 0.25) is 10.0 Å². The van der Waals surface area contributed by atoms with Crippen LogP contribution >= 0.6 is 0 Å². The fraction of sp³-hybridized carbons (Fsp3) is 0.500. The molecule has 21 heavy (non-hydrogen) atoms. The number of aliphatic hydroxyl groups is 1. The van der Waals surface area contributed by atoms with Gasteiger partial charge in [-0.25, -0.2) is 8.42 Å². The van der Waals surface area contributed by atoms with E-state index in [1.807, 2.05) is 0 Å². The Hall–Kier alpha value is -1.44. The summed E-state index contributed by atoms with van der Waals surface area (Å²) in [5.74, 6) is -1.23. The minimum atomic E-state index is -3.89. The second-order valence-electron chi connectivity index (χ2n) is 5.60. The Bertz CT molecular complexity index is 685. The van der Waals surface area contributed by atoms with Crippen molar-refractivity contribution in [1.82, 2.24) is 4.31 Å². The number of sulfonamides is 1. The van der Waals surface area contributed by atoms with E-state index in [9.17, 15) is 18.3 Å². The number of rotatable bonds is 3. The number of carboxylic acid groups (broad SMARTS) is 1. The number of aryl methyl sites for hydroxylation is 2. The predicted molar refractivity (Wildman–Crippen MR) is 74.4 cm³/mol. The van der Waals surface area contributed by atoms with Crippen LogP contribution in [0.1, 0.15) is 24.0 Å². The molecule has 2 N–H and O–H groups in total. The summed E-state index contributed by atoms with van der Waals surface area (Å²) in [6, 6.07) is 3.78. The van der Waals surface area contributed by atoms with E-state index in [2.05, 4.69) is 0 Å². The summed E-state index contributed by atoms with van der Waals surface area (Å²) in [4.78, 5) is 11.3. The zero-order valence-corrected chi connectivity index (χ0v) is 12.2. The first-order valence-electron chi connectivity index (χ1n) is 6.94. The minimum absolute atomic E-state index is 0.0699. The van der Waals surface area contributed by atoms with Gasteiger partial charge in [-0.15, -0.1) is 0 Å². The van der Waals surface area contributed by atoms with E-state index in [0.717, 1.165) is 34.7 Å². The van der Waals surface area contributed by atoms with Crippen LogP contribution in [0.5, 0.6) is 0 Å².